The summed E-state index contributed by atoms with van der Waals surface area (Å²) in [5.41, 5.74) is 11.0. The molecule has 154 valence electrons. The van der Waals surface area contributed by atoms with E-state index in [1.54, 1.807) is 0 Å². The zero-order valence-corrected chi connectivity index (χ0v) is 18.4. The van der Waals surface area contributed by atoms with E-state index in [2.05, 4.69) is 87.2 Å². The lowest BCUT2D eigenvalue weighted by Gasteiger charge is -2.41. The lowest BCUT2D eigenvalue weighted by Crippen LogP contribution is -2.34. The standard InChI is InChI=1S/C30H24N2/c1-4-20-15-21-13-14-32-29-19(3)28(18(2)17-31)30(26(16-20)27(21)29)24-11-7-5-9-22(24)23-10-6-8-12-25(23)30/h5-17,31H,2,4H2,1,3H3. The first-order valence-electron chi connectivity index (χ1n) is 11.2. The van der Waals surface area contributed by atoms with Crippen LogP contribution < -0.4 is 0 Å². The Kier molecular flexibility index (Phi) is 3.91. The molecule has 4 aromatic rings. The van der Waals surface area contributed by atoms with Gasteiger partial charge in [-0.1, -0.05) is 74.2 Å². The number of pyridine rings is 1. The number of aryl methyl sites for hydroxylation is 1. The molecule has 1 spiro atoms. The van der Waals surface area contributed by atoms with Gasteiger partial charge < -0.3 is 5.41 Å². The van der Waals surface area contributed by atoms with Crippen molar-refractivity contribution in [2.45, 2.75) is 25.7 Å². The van der Waals surface area contributed by atoms with E-state index in [1.807, 2.05) is 6.20 Å². The molecule has 0 saturated heterocycles. The Balaban J connectivity index is 1.92. The molecule has 1 aromatic heterocycles. The molecule has 0 saturated carbocycles. The van der Waals surface area contributed by atoms with Gasteiger partial charge in [-0.3, -0.25) is 4.98 Å². The summed E-state index contributed by atoms with van der Waals surface area (Å²) in [7, 11) is 0. The van der Waals surface area contributed by atoms with E-state index >= 15 is 0 Å². The number of hydrogen-bond donors (Lipinski definition) is 1. The van der Waals surface area contributed by atoms with Crippen molar-refractivity contribution in [2.75, 3.05) is 0 Å². The number of rotatable bonds is 3. The monoisotopic (exact) mass is 412 g/mol. The fourth-order valence-corrected chi connectivity index (χ4v) is 6.05. The number of hydrogen-bond acceptors (Lipinski definition) is 2. The normalized spacial score (nSPS) is 15.1. The number of benzene rings is 3. The molecule has 0 unspecified atom stereocenters. The molecule has 3 aromatic carbocycles. The lowest BCUT2D eigenvalue weighted by molar-refractivity contribution is 0.762. The summed E-state index contributed by atoms with van der Waals surface area (Å²) in [4.78, 5) is 4.83. The van der Waals surface area contributed by atoms with Gasteiger partial charge in [-0.2, -0.15) is 0 Å². The molecule has 0 bridgehead atoms. The van der Waals surface area contributed by atoms with Gasteiger partial charge in [0.05, 0.1) is 11.1 Å². The van der Waals surface area contributed by atoms with Crippen molar-refractivity contribution >= 4 is 22.6 Å². The lowest BCUT2D eigenvalue weighted by atomic mass is 9.60. The number of aromatic nitrogens is 1. The van der Waals surface area contributed by atoms with E-state index in [4.69, 9.17) is 10.4 Å². The molecule has 0 radical (unpaired) electrons. The summed E-state index contributed by atoms with van der Waals surface area (Å²) in [6, 6.07) is 24.3. The second-order valence-corrected chi connectivity index (χ2v) is 8.77. The number of fused-ring (bicyclic) bond motifs is 6. The van der Waals surface area contributed by atoms with E-state index in [-0.39, 0.29) is 0 Å². The summed E-state index contributed by atoms with van der Waals surface area (Å²) < 4.78 is 0. The second-order valence-electron chi connectivity index (χ2n) is 8.77. The molecule has 2 aliphatic rings. The zero-order chi connectivity index (χ0) is 22.0. The minimum Gasteiger partial charge on any atom is -0.308 e. The summed E-state index contributed by atoms with van der Waals surface area (Å²) in [6.07, 6.45) is 4.27. The first kappa shape index (κ1) is 18.9. The summed E-state index contributed by atoms with van der Waals surface area (Å²) in [5, 5.41) is 10.6. The van der Waals surface area contributed by atoms with Gasteiger partial charge in [-0.25, -0.2) is 0 Å². The fraction of sp³-hybridized carbons (Fsp3) is 0.133. The molecular weight excluding hydrogens is 388 g/mol. The summed E-state index contributed by atoms with van der Waals surface area (Å²) >= 11 is 0. The minimum absolute atomic E-state index is 0.509. The molecule has 6 rings (SSSR count). The molecule has 2 aliphatic carbocycles. The van der Waals surface area contributed by atoms with Crippen LogP contribution in [0.3, 0.4) is 0 Å². The third-order valence-corrected chi connectivity index (χ3v) is 7.29. The maximum absolute atomic E-state index is 8.18. The van der Waals surface area contributed by atoms with E-state index in [0.717, 1.165) is 28.8 Å². The first-order chi connectivity index (χ1) is 15.6. The third kappa shape index (κ3) is 2.14. The number of nitrogens with zero attached hydrogens (tertiary/aromatic N) is 1. The predicted octanol–water partition coefficient (Wildman–Crippen LogP) is 7.10. The molecule has 32 heavy (non-hydrogen) atoms. The van der Waals surface area contributed by atoms with Crippen LogP contribution in [-0.2, 0) is 11.8 Å². The highest BCUT2D eigenvalue weighted by molar-refractivity contribution is 6.07. The predicted molar refractivity (Wildman–Crippen MR) is 133 cm³/mol. The molecular formula is C30H24N2. The zero-order valence-electron chi connectivity index (χ0n) is 18.4. The van der Waals surface area contributed by atoms with E-state index in [9.17, 15) is 0 Å². The van der Waals surface area contributed by atoms with Crippen molar-refractivity contribution in [1.82, 2.24) is 4.98 Å². The second kappa shape index (κ2) is 6.61. The van der Waals surface area contributed by atoms with Gasteiger partial charge in [-0.05, 0) is 74.9 Å². The minimum atomic E-state index is -0.509. The molecule has 0 aliphatic heterocycles. The van der Waals surface area contributed by atoms with Crippen molar-refractivity contribution in [1.29, 1.82) is 5.41 Å². The van der Waals surface area contributed by atoms with Crippen molar-refractivity contribution in [3.05, 3.63) is 119 Å². The quantitative estimate of drug-likeness (QED) is 0.358. The van der Waals surface area contributed by atoms with Crippen LogP contribution in [0.1, 0.15) is 41.8 Å². The molecule has 0 amide bonds. The van der Waals surface area contributed by atoms with Gasteiger partial charge in [0.1, 0.15) is 0 Å². The van der Waals surface area contributed by atoms with Crippen LogP contribution in [0.15, 0.2) is 90.7 Å². The van der Waals surface area contributed by atoms with E-state index < -0.39 is 5.41 Å². The van der Waals surface area contributed by atoms with E-state index in [1.165, 1.54) is 50.4 Å². The topological polar surface area (TPSA) is 36.7 Å². The van der Waals surface area contributed by atoms with Crippen LogP contribution in [0.5, 0.6) is 0 Å². The van der Waals surface area contributed by atoms with Gasteiger partial charge >= 0.3 is 0 Å². The number of nitrogens with one attached hydrogen (secondary N) is 1. The molecule has 0 fully saturated rings. The number of allylic oxidation sites excluding steroid dienone is 3. The maximum Gasteiger partial charge on any atom is 0.0744 e. The van der Waals surface area contributed by atoms with Crippen molar-refractivity contribution in [2.24, 2.45) is 0 Å². The average molecular weight is 413 g/mol. The molecule has 2 heteroatoms. The van der Waals surface area contributed by atoms with Crippen LogP contribution in [-0.4, -0.2) is 11.2 Å². The maximum atomic E-state index is 8.18. The van der Waals surface area contributed by atoms with Crippen LogP contribution in [0.4, 0.5) is 0 Å². The smallest absolute Gasteiger partial charge is 0.0744 e. The molecule has 0 atom stereocenters. The molecule has 2 nitrogen and oxygen atoms in total. The van der Waals surface area contributed by atoms with Gasteiger partial charge in [0.2, 0.25) is 0 Å². The average Bonchev–Trinajstić information content (AvgIpc) is 3.13. The fourth-order valence-electron chi connectivity index (χ4n) is 6.05. The first-order valence-corrected chi connectivity index (χ1v) is 11.2. The van der Waals surface area contributed by atoms with Crippen LogP contribution >= 0.6 is 0 Å². The van der Waals surface area contributed by atoms with Gasteiger partial charge in [0.15, 0.2) is 0 Å². The van der Waals surface area contributed by atoms with Gasteiger partial charge in [0, 0.05) is 17.8 Å². The highest BCUT2D eigenvalue weighted by Crippen LogP contribution is 2.62. The van der Waals surface area contributed by atoms with Crippen LogP contribution in [0, 0.1) is 5.41 Å². The third-order valence-electron chi connectivity index (χ3n) is 7.29. The summed E-state index contributed by atoms with van der Waals surface area (Å²) in [6.45, 7) is 8.72. The Morgan fingerprint density at radius 1 is 0.969 bits per heavy atom. The molecule has 1 N–H and O–H groups in total. The van der Waals surface area contributed by atoms with Crippen LogP contribution in [0.2, 0.25) is 0 Å². The highest BCUT2D eigenvalue weighted by Gasteiger charge is 2.51. The van der Waals surface area contributed by atoms with E-state index in [0.29, 0.717) is 0 Å². The SMILES string of the molecule is C=C(C=N)C1=C(C)c2nccc3cc(CC)cc(c23)C12c1ccccc1-c1ccccc12. The van der Waals surface area contributed by atoms with Crippen molar-refractivity contribution in [3.63, 3.8) is 0 Å². The van der Waals surface area contributed by atoms with Crippen molar-refractivity contribution in [3.8, 4) is 11.1 Å². The highest BCUT2D eigenvalue weighted by atomic mass is 14.7. The Hall–Kier alpha value is -3.78. The van der Waals surface area contributed by atoms with Gasteiger partial charge in [0.25, 0.3) is 0 Å². The summed E-state index contributed by atoms with van der Waals surface area (Å²) in [5.74, 6) is 0. The van der Waals surface area contributed by atoms with Crippen molar-refractivity contribution < 1.29 is 0 Å². The Morgan fingerprint density at radius 2 is 1.62 bits per heavy atom. The molecule has 1 heterocycles. The van der Waals surface area contributed by atoms with Gasteiger partial charge in [-0.15, -0.1) is 0 Å². The Morgan fingerprint density at radius 3 is 2.25 bits per heavy atom. The largest absolute Gasteiger partial charge is 0.308 e. The Labute approximate surface area is 188 Å². The van der Waals surface area contributed by atoms with Crippen LogP contribution in [0.25, 0.3) is 27.5 Å². The Bertz CT molecular complexity index is 1460.